The molecule has 0 aliphatic carbocycles. The highest BCUT2D eigenvalue weighted by Gasteiger charge is 2.21. The standard InChI is InChI=1S/C13H16N4O/c1-17-6-2-3-10(8-17)12-14-7-9-4-5-11(18)15-13(9)16-12/h4-5,7,10H,2-3,6,8H2,1H3,(H,14,15,16,18). The molecule has 3 rings (SSSR count). The van der Waals surface area contributed by atoms with Crippen molar-refractivity contribution in [3.8, 4) is 0 Å². The van der Waals surface area contributed by atoms with Gasteiger partial charge in [0.05, 0.1) is 0 Å². The Kier molecular flexibility index (Phi) is 2.83. The van der Waals surface area contributed by atoms with Gasteiger partial charge in [0.2, 0.25) is 5.56 Å². The van der Waals surface area contributed by atoms with Gasteiger partial charge in [0.15, 0.2) is 0 Å². The van der Waals surface area contributed by atoms with Gasteiger partial charge < -0.3 is 9.88 Å². The quantitative estimate of drug-likeness (QED) is 0.816. The number of H-pyrrole nitrogens is 1. The van der Waals surface area contributed by atoms with E-state index in [4.69, 9.17) is 0 Å². The maximum absolute atomic E-state index is 11.3. The maximum Gasteiger partial charge on any atom is 0.249 e. The largest absolute Gasteiger partial charge is 0.306 e. The lowest BCUT2D eigenvalue weighted by atomic mass is 9.97. The first-order valence-corrected chi connectivity index (χ1v) is 6.27. The lowest BCUT2D eigenvalue weighted by Crippen LogP contribution is -2.31. The van der Waals surface area contributed by atoms with Crippen molar-refractivity contribution >= 4 is 11.0 Å². The Labute approximate surface area is 105 Å². The van der Waals surface area contributed by atoms with Gasteiger partial charge in [0.25, 0.3) is 0 Å². The van der Waals surface area contributed by atoms with Crippen molar-refractivity contribution in [3.63, 3.8) is 0 Å². The summed E-state index contributed by atoms with van der Waals surface area (Å²) in [6.45, 7) is 2.13. The van der Waals surface area contributed by atoms with Crippen LogP contribution in [0.3, 0.4) is 0 Å². The molecule has 0 amide bonds. The number of hydrogen-bond acceptors (Lipinski definition) is 4. The van der Waals surface area contributed by atoms with Crippen molar-refractivity contribution in [3.05, 3.63) is 34.5 Å². The zero-order valence-electron chi connectivity index (χ0n) is 10.4. The summed E-state index contributed by atoms with van der Waals surface area (Å²) in [5.41, 5.74) is 0.522. The highest BCUT2D eigenvalue weighted by molar-refractivity contribution is 5.72. The smallest absolute Gasteiger partial charge is 0.249 e. The van der Waals surface area contributed by atoms with Gasteiger partial charge in [-0.1, -0.05) is 0 Å². The van der Waals surface area contributed by atoms with Gasteiger partial charge in [0, 0.05) is 30.1 Å². The number of likely N-dealkylation sites (tertiary alicyclic amines) is 1. The van der Waals surface area contributed by atoms with Crippen LogP contribution in [0, 0.1) is 0 Å². The first kappa shape index (κ1) is 11.3. The first-order valence-electron chi connectivity index (χ1n) is 6.27. The third-order valence-corrected chi connectivity index (χ3v) is 3.48. The fourth-order valence-corrected chi connectivity index (χ4v) is 2.52. The number of fused-ring (bicyclic) bond motifs is 1. The van der Waals surface area contributed by atoms with E-state index in [1.807, 2.05) is 0 Å². The Bertz CT molecular complexity index is 622. The van der Waals surface area contributed by atoms with Crippen LogP contribution in [-0.2, 0) is 0 Å². The second-order valence-corrected chi connectivity index (χ2v) is 4.96. The zero-order valence-corrected chi connectivity index (χ0v) is 10.4. The Balaban J connectivity index is 1.99. The Morgan fingerprint density at radius 1 is 1.44 bits per heavy atom. The molecule has 0 saturated carbocycles. The summed E-state index contributed by atoms with van der Waals surface area (Å²) in [4.78, 5) is 25.3. The molecule has 2 aromatic rings. The van der Waals surface area contributed by atoms with Crippen LogP contribution in [0.15, 0.2) is 23.1 Å². The fraction of sp³-hybridized carbons (Fsp3) is 0.462. The molecule has 1 aliphatic heterocycles. The van der Waals surface area contributed by atoms with Crippen molar-refractivity contribution in [1.29, 1.82) is 0 Å². The molecule has 0 radical (unpaired) electrons. The van der Waals surface area contributed by atoms with Crippen LogP contribution in [0.2, 0.25) is 0 Å². The van der Waals surface area contributed by atoms with Crippen LogP contribution in [-0.4, -0.2) is 40.0 Å². The predicted octanol–water partition coefficient (Wildman–Crippen LogP) is 1.13. The van der Waals surface area contributed by atoms with Gasteiger partial charge in [0.1, 0.15) is 11.5 Å². The molecule has 18 heavy (non-hydrogen) atoms. The second-order valence-electron chi connectivity index (χ2n) is 4.96. The summed E-state index contributed by atoms with van der Waals surface area (Å²) in [7, 11) is 2.12. The van der Waals surface area contributed by atoms with E-state index in [-0.39, 0.29) is 5.56 Å². The van der Waals surface area contributed by atoms with E-state index < -0.39 is 0 Å². The van der Waals surface area contributed by atoms with E-state index in [9.17, 15) is 4.79 Å². The van der Waals surface area contributed by atoms with Gasteiger partial charge in [-0.2, -0.15) is 0 Å². The molecule has 1 saturated heterocycles. The van der Waals surface area contributed by atoms with Crippen molar-refractivity contribution in [2.75, 3.05) is 20.1 Å². The summed E-state index contributed by atoms with van der Waals surface area (Å²) in [6, 6.07) is 3.25. The molecular weight excluding hydrogens is 228 g/mol. The molecule has 5 heteroatoms. The Hall–Kier alpha value is -1.75. The monoisotopic (exact) mass is 244 g/mol. The first-order chi connectivity index (χ1) is 8.72. The third kappa shape index (κ3) is 2.13. The van der Waals surface area contributed by atoms with Crippen molar-refractivity contribution in [1.82, 2.24) is 19.9 Å². The van der Waals surface area contributed by atoms with Crippen LogP contribution >= 0.6 is 0 Å². The van der Waals surface area contributed by atoms with Crippen LogP contribution in [0.1, 0.15) is 24.6 Å². The topological polar surface area (TPSA) is 61.9 Å². The number of rotatable bonds is 1. The number of pyridine rings is 1. The van der Waals surface area contributed by atoms with E-state index in [1.165, 1.54) is 12.5 Å². The van der Waals surface area contributed by atoms with Gasteiger partial charge in [-0.05, 0) is 32.5 Å². The minimum Gasteiger partial charge on any atom is -0.306 e. The average molecular weight is 244 g/mol. The number of aromatic nitrogens is 3. The molecule has 0 aromatic carbocycles. The zero-order chi connectivity index (χ0) is 12.5. The van der Waals surface area contributed by atoms with Crippen LogP contribution in [0.5, 0.6) is 0 Å². The third-order valence-electron chi connectivity index (χ3n) is 3.48. The highest BCUT2D eigenvalue weighted by atomic mass is 16.1. The number of nitrogens with zero attached hydrogens (tertiary/aromatic N) is 3. The van der Waals surface area contributed by atoms with Gasteiger partial charge in [-0.3, -0.25) is 4.79 Å². The number of piperidine rings is 1. The number of nitrogens with one attached hydrogen (secondary N) is 1. The van der Waals surface area contributed by atoms with Crippen LogP contribution in [0.4, 0.5) is 0 Å². The minimum atomic E-state index is -0.118. The van der Waals surface area contributed by atoms with Crippen LogP contribution < -0.4 is 5.56 Å². The summed E-state index contributed by atoms with van der Waals surface area (Å²) >= 11 is 0. The minimum absolute atomic E-state index is 0.118. The highest BCUT2D eigenvalue weighted by Crippen LogP contribution is 2.23. The Morgan fingerprint density at radius 2 is 2.33 bits per heavy atom. The number of likely N-dealkylation sites (N-methyl/N-ethyl adjacent to an activating group) is 1. The summed E-state index contributed by atoms with van der Waals surface area (Å²) in [5, 5.41) is 0.877. The van der Waals surface area contributed by atoms with E-state index in [1.54, 1.807) is 12.3 Å². The molecule has 2 aromatic heterocycles. The summed E-state index contributed by atoms with van der Waals surface area (Å²) in [5.74, 6) is 1.22. The number of aromatic amines is 1. The average Bonchev–Trinajstić information content (AvgIpc) is 2.38. The summed E-state index contributed by atoms with van der Waals surface area (Å²) in [6.07, 6.45) is 4.09. The molecule has 0 bridgehead atoms. The summed E-state index contributed by atoms with van der Waals surface area (Å²) < 4.78 is 0. The lowest BCUT2D eigenvalue weighted by Gasteiger charge is -2.28. The van der Waals surface area contributed by atoms with Gasteiger partial charge in [-0.15, -0.1) is 0 Å². The van der Waals surface area contributed by atoms with E-state index in [0.717, 1.165) is 30.7 Å². The van der Waals surface area contributed by atoms with Crippen LogP contribution in [0.25, 0.3) is 11.0 Å². The number of hydrogen-bond donors (Lipinski definition) is 1. The van der Waals surface area contributed by atoms with Crippen molar-refractivity contribution in [2.24, 2.45) is 0 Å². The molecule has 5 nitrogen and oxygen atoms in total. The molecular formula is C13H16N4O. The maximum atomic E-state index is 11.3. The molecule has 1 aliphatic rings. The molecule has 1 fully saturated rings. The molecule has 3 heterocycles. The molecule has 1 unspecified atom stereocenters. The van der Waals surface area contributed by atoms with E-state index in [2.05, 4.69) is 26.9 Å². The second kappa shape index (κ2) is 4.49. The normalized spacial score (nSPS) is 21.3. The molecule has 1 N–H and O–H groups in total. The molecule has 94 valence electrons. The predicted molar refractivity (Wildman–Crippen MR) is 69.6 cm³/mol. The van der Waals surface area contributed by atoms with Gasteiger partial charge in [-0.25, -0.2) is 9.97 Å². The SMILES string of the molecule is CN1CCCC(c2ncc3ccc(=O)[nH]c3n2)C1. The Morgan fingerprint density at radius 3 is 3.17 bits per heavy atom. The lowest BCUT2D eigenvalue weighted by molar-refractivity contribution is 0.246. The van der Waals surface area contributed by atoms with E-state index >= 15 is 0 Å². The molecule has 1 atom stereocenters. The fourth-order valence-electron chi connectivity index (χ4n) is 2.52. The van der Waals surface area contributed by atoms with Gasteiger partial charge >= 0.3 is 0 Å². The van der Waals surface area contributed by atoms with E-state index in [0.29, 0.717) is 11.6 Å². The van der Waals surface area contributed by atoms with Crippen molar-refractivity contribution < 1.29 is 0 Å². The van der Waals surface area contributed by atoms with Crippen molar-refractivity contribution in [2.45, 2.75) is 18.8 Å². The molecule has 0 spiro atoms.